The normalized spacial score (nSPS) is 13.1. The third-order valence-corrected chi connectivity index (χ3v) is 4.40. The molecular weight excluding hydrogens is 346 g/mol. The summed E-state index contributed by atoms with van der Waals surface area (Å²) in [6, 6.07) is 8.45. The van der Waals surface area contributed by atoms with Gasteiger partial charge in [-0.25, -0.2) is 4.79 Å². The number of carboxylic acid groups (broad SMARTS) is 1. The molecule has 1 rings (SSSR count). The molecule has 1 unspecified atom stereocenters. The number of hydrogen-bond acceptors (Lipinski definition) is 4. The minimum atomic E-state index is -1.00. The van der Waals surface area contributed by atoms with E-state index in [0.29, 0.717) is 19.4 Å². The van der Waals surface area contributed by atoms with E-state index in [1.54, 1.807) is 7.11 Å². The summed E-state index contributed by atoms with van der Waals surface area (Å²) in [5.41, 5.74) is 0.897. The summed E-state index contributed by atoms with van der Waals surface area (Å²) in [7, 11) is 1.63. The maximum absolute atomic E-state index is 12.0. The minimum Gasteiger partial charge on any atom is -0.480 e. The van der Waals surface area contributed by atoms with Crippen LogP contribution in [0.5, 0.6) is 0 Å². The van der Waals surface area contributed by atoms with Crippen LogP contribution in [-0.2, 0) is 25.5 Å². The molecule has 1 aromatic carbocycles. The average Bonchev–Trinajstić information content (AvgIpc) is 2.66. The maximum Gasteiger partial charge on any atom is 0.326 e. The highest BCUT2D eigenvalue weighted by molar-refractivity contribution is 5.83. The fraction of sp³-hybridized carbons (Fsp3) is 0.619. The number of ether oxygens (including phenoxy) is 2. The zero-order valence-electron chi connectivity index (χ0n) is 16.5. The number of rotatable bonds is 15. The fourth-order valence-corrected chi connectivity index (χ4v) is 2.73. The molecule has 0 saturated carbocycles. The zero-order valence-corrected chi connectivity index (χ0v) is 16.5. The van der Waals surface area contributed by atoms with E-state index in [4.69, 9.17) is 9.47 Å². The lowest BCUT2D eigenvalue weighted by atomic mass is 10.1. The second kappa shape index (κ2) is 14.2. The van der Waals surface area contributed by atoms with Crippen molar-refractivity contribution in [2.24, 2.45) is 0 Å². The van der Waals surface area contributed by atoms with Gasteiger partial charge in [-0.15, -0.1) is 0 Å². The first-order chi connectivity index (χ1) is 13.0. The molecule has 27 heavy (non-hydrogen) atoms. The van der Waals surface area contributed by atoms with E-state index in [1.165, 1.54) is 0 Å². The monoisotopic (exact) mass is 379 g/mol. The van der Waals surface area contributed by atoms with Crippen molar-refractivity contribution in [2.45, 2.75) is 70.6 Å². The average molecular weight is 379 g/mol. The molecule has 2 N–H and O–H groups in total. The Morgan fingerprint density at radius 3 is 2.30 bits per heavy atom. The Labute approximate surface area is 162 Å². The molecule has 0 fully saturated rings. The lowest BCUT2D eigenvalue weighted by Crippen LogP contribution is -2.42. The molecule has 6 heteroatoms. The largest absolute Gasteiger partial charge is 0.480 e. The third-order valence-electron chi connectivity index (χ3n) is 4.40. The Kier molecular flexibility index (Phi) is 12.1. The number of amides is 1. The van der Waals surface area contributed by atoms with Crippen LogP contribution in [0, 0.1) is 0 Å². The molecule has 0 spiro atoms. The van der Waals surface area contributed by atoms with Crippen LogP contribution in [0.15, 0.2) is 30.3 Å². The van der Waals surface area contributed by atoms with Crippen molar-refractivity contribution in [3.05, 3.63) is 35.9 Å². The van der Waals surface area contributed by atoms with E-state index in [9.17, 15) is 14.7 Å². The number of carbonyl (C=O) groups is 2. The lowest BCUT2D eigenvalue weighted by molar-refractivity contribution is -0.141. The smallest absolute Gasteiger partial charge is 0.326 e. The van der Waals surface area contributed by atoms with Crippen LogP contribution in [0.4, 0.5) is 0 Å². The van der Waals surface area contributed by atoms with E-state index in [1.807, 2.05) is 37.3 Å². The Morgan fingerprint density at radius 1 is 1.04 bits per heavy atom. The predicted octanol–water partition coefficient (Wildman–Crippen LogP) is 3.54. The van der Waals surface area contributed by atoms with Gasteiger partial charge in [-0.2, -0.15) is 0 Å². The van der Waals surface area contributed by atoms with Gasteiger partial charge in [-0.1, -0.05) is 56.0 Å². The molecule has 0 heterocycles. The molecule has 0 aromatic heterocycles. The van der Waals surface area contributed by atoms with Gasteiger partial charge in [-0.05, 0) is 25.3 Å². The van der Waals surface area contributed by atoms with Crippen molar-refractivity contribution < 1.29 is 24.2 Å². The standard InChI is InChI=1S/C21H33NO5/c1-17(26-2)27-15-11-6-4-3-5-10-14-20(23)22-19(21(24)25)16-18-12-8-7-9-13-18/h7-9,12-13,17,19H,3-6,10-11,14-16H2,1-2H3,(H,22,23)(H,24,25)/t17?,19-/m0/s1. The van der Waals surface area contributed by atoms with Gasteiger partial charge < -0.3 is 19.9 Å². The van der Waals surface area contributed by atoms with E-state index in [2.05, 4.69) is 5.32 Å². The van der Waals surface area contributed by atoms with Gasteiger partial charge in [0, 0.05) is 26.6 Å². The van der Waals surface area contributed by atoms with Crippen molar-refractivity contribution in [3.8, 4) is 0 Å². The van der Waals surface area contributed by atoms with Crippen LogP contribution >= 0.6 is 0 Å². The number of benzene rings is 1. The summed E-state index contributed by atoms with van der Waals surface area (Å²) in [6.45, 7) is 2.58. The van der Waals surface area contributed by atoms with Crippen molar-refractivity contribution in [2.75, 3.05) is 13.7 Å². The molecule has 1 amide bonds. The van der Waals surface area contributed by atoms with Gasteiger partial charge in [0.1, 0.15) is 6.04 Å². The topological polar surface area (TPSA) is 84.9 Å². The highest BCUT2D eigenvalue weighted by Gasteiger charge is 2.19. The van der Waals surface area contributed by atoms with Gasteiger partial charge in [0.2, 0.25) is 5.91 Å². The number of aliphatic carboxylic acids is 1. The summed E-state index contributed by atoms with van der Waals surface area (Å²) in [5.74, 6) is -1.20. The Balaban J connectivity index is 2.10. The van der Waals surface area contributed by atoms with Crippen LogP contribution in [0.1, 0.15) is 57.4 Å². The Hall–Kier alpha value is -1.92. The van der Waals surface area contributed by atoms with Gasteiger partial charge in [0.25, 0.3) is 0 Å². The van der Waals surface area contributed by atoms with Crippen LogP contribution in [0.2, 0.25) is 0 Å². The van der Waals surface area contributed by atoms with Gasteiger partial charge >= 0.3 is 5.97 Å². The first kappa shape index (κ1) is 23.1. The second-order valence-electron chi connectivity index (χ2n) is 6.69. The van der Waals surface area contributed by atoms with Crippen LogP contribution in [0.25, 0.3) is 0 Å². The first-order valence-electron chi connectivity index (χ1n) is 9.73. The summed E-state index contributed by atoms with van der Waals surface area (Å²) in [4.78, 5) is 23.4. The number of methoxy groups -OCH3 is 1. The van der Waals surface area contributed by atoms with Gasteiger partial charge in [-0.3, -0.25) is 4.79 Å². The molecule has 0 bridgehead atoms. The summed E-state index contributed by atoms with van der Waals surface area (Å²) >= 11 is 0. The van der Waals surface area contributed by atoms with Crippen molar-refractivity contribution in [1.29, 1.82) is 0 Å². The van der Waals surface area contributed by atoms with Gasteiger partial charge in [0.05, 0.1) is 0 Å². The first-order valence-corrected chi connectivity index (χ1v) is 9.73. The Bertz CT molecular complexity index is 535. The molecule has 1 aromatic rings. The third kappa shape index (κ3) is 11.4. The number of nitrogens with one attached hydrogen (secondary N) is 1. The van der Waals surface area contributed by atoms with Crippen molar-refractivity contribution in [3.63, 3.8) is 0 Å². The number of hydrogen-bond donors (Lipinski definition) is 2. The molecule has 0 aliphatic heterocycles. The van der Waals surface area contributed by atoms with E-state index >= 15 is 0 Å². The maximum atomic E-state index is 12.0. The zero-order chi connectivity index (χ0) is 19.9. The number of unbranched alkanes of at least 4 members (excludes halogenated alkanes) is 5. The molecule has 152 valence electrons. The second-order valence-corrected chi connectivity index (χ2v) is 6.69. The summed E-state index contributed by atoms with van der Waals surface area (Å²) in [5, 5.41) is 11.9. The molecular formula is C21H33NO5. The van der Waals surface area contributed by atoms with Crippen LogP contribution in [-0.4, -0.2) is 43.0 Å². The summed E-state index contributed by atoms with van der Waals surface area (Å²) in [6.07, 6.45) is 6.55. The highest BCUT2D eigenvalue weighted by Crippen LogP contribution is 2.09. The number of carbonyl (C=O) groups excluding carboxylic acids is 1. The highest BCUT2D eigenvalue weighted by atomic mass is 16.7. The lowest BCUT2D eigenvalue weighted by Gasteiger charge is -2.14. The minimum absolute atomic E-state index is 0.153. The van der Waals surface area contributed by atoms with E-state index in [-0.39, 0.29) is 12.2 Å². The van der Waals surface area contributed by atoms with E-state index < -0.39 is 12.0 Å². The van der Waals surface area contributed by atoms with Crippen molar-refractivity contribution >= 4 is 11.9 Å². The predicted molar refractivity (Wildman–Crippen MR) is 104 cm³/mol. The molecule has 0 aliphatic rings. The van der Waals surface area contributed by atoms with Crippen LogP contribution < -0.4 is 5.32 Å². The summed E-state index contributed by atoms with van der Waals surface area (Å²) < 4.78 is 10.4. The molecule has 6 nitrogen and oxygen atoms in total. The fourth-order valence-electron chi connectivity index (χ4n) is 2.73. The van der Waals surface area contributed by atoms with E-state index in [0.717, 1.165) is 44.1 Å². The molecule has 2 atom stereocenters. The number of carboxylic acids is 1. The van der Waals surface area contributed by atoms with Gasteiger partial charge in [0.15, 0.2) is 6.29 Å². The molecule has 0 radical (unpaired) electrons. The van der Waals surface area contributed by atoms with Crippen molar-refractivity contribution in [1.82, 2.24) is 5.32 Å². The molecule has 0 aliphatic carbocycles. The molecule has 0 saturated heterocycles. The Morgan fingerprint density at radius 2 is 1.67 bits per heavy atom. The van der Waals surface area contributed by atoms with Crippen LogP contribution in [0.3, 0.4) is 0 Å². The quantitative estimate of drug-likeness (QED) is 0.360. The SMILES string of the molecule is COC(C)OCCCCCCCCC(=O)N[C@@H](Cc1ccccc1)C(=O)O.